The lowest BCUT2D eigenvalue weighted by molar-refractivity contribution is 0.0935. The molecule has 0 unspecified atom stereocenters. The standard InChI is InChI=1S/C19H25N5O4/c1-11(2)20-18-21-16-15(17(26)22-19(27)23(16)4)24(18)9-13(25)10-28-14-8-6-5-7-12(14)3/h5-8,11,13,25H,9-10H2,1-4H3,(H,20,21)(H,22,26,27)/t13-/m0/s1. The molecule has 0 bridgehead atoms. The number of H-pyrrole nitrogens is 1. The van der Waals surface area contributed by atoms with Gasteiger partial charge in [0, 0.05) is 13.1 Å². The number of aromatic amines is 1. The van der Waals surface area contributed by atoms with Gasteiger partial charge in [0.2, 0.25) is 5.95 Å². The summed E-state index contributed by atoms with van der Waals surface area (Å²) in [7, 11) is 1.54. The number of hydrogen-bond donors (Lipinski definition) is 3. The summed E-state index contributed by atoms with van der Waals surface area (Å²) in [5.74, 6) is 1.10. The lowest BCUT2D eigenvalue weighted by Gasteiger charge is -2.17. The molecule has 9 nitrogen and oxygen atoms in total. The number of nitrogens with one attached hydrogen (secondary N) is 2. The van der Waals surface area contributed by atoms with E-state index in [9.17, 15) is 14.7 Å². The van der Waals surface area contributed by atoms with Gasteiger partial charge in [0.15, 0.2) is 11.2 Å². The van der Waals surface area contributed by atoms with Gasteiger partial charge in [0.1, 0.15) is 18.5 Å². The van der Waals surface area contributed by atoms with Crippen molar-refractivity contribution in [2.45, 2.75) is 39.5 Å². The van der Waals surface area contributed by atoms with Gasteiger partial charge in [-0.05, 0) is 32.4 Å². The van der Waals surface area contributed by atoms with Crippen LogP contribution >= 0.6 is 0 Å². The first-order chi connectivity index (χ1) is 13.3. The Morgan fingerprint density at radius 1 is 1.29 bits per heavy atom. The number of aromatic nitrogens is 4. The van der Waals surface area contributed by atoms with Crippen LogP contribution in [0.25, 0.3) is 11.2 Å². The molecule has 0 spiro atoms. The number of aliphatic hydroxyl groups excluding tert-OH is 1. The zero-order valence-electron chi connectivity index (χ0n) is 16.4. The highest BCUT2D eigenvalue weighted by Gasteiger charge is 2.20. The summed E-state index contributed by atoms with van der Waals surface area (Å²) < 4.78 is 8.56. The van der Waals surface area contributed by atoms with Crippen LogP contribution in [0.4, 0.5) is 5.95 Å². The number of para-hydroxylation sites is 1. The minimum atomic E-state index is -0.888. The maximum atomic E-state index is 12.4. The molecule has 2 heterocycles. The molecule has 150 valence electrons. The summed E-state index contributed by atoms with van der Waals surface area (Å²) in [5, 5.41) is 13.7. The number of imidazole rings is 1. The number of nitrogens with zero attached hydrogens (tertiary/aromatic N) is 3. The average molecular weight is 387 g/mol. The van der Waals surface area contributed by atoms with Crippen LogP contribution in [0.2, 0.25) is 0 Å². The number of benzene rings is 1. The van der Waals surface area contributed by atoms with Gasteiger partial charge in [0.05, 0.1) is 6.54 Å². The third-order valence-corrected chi connectivity index (χ3v) is 4.34. The van der Waals surface area contributed by atoms with E-state index >= 15 is 0 Å². The molecule has 0 saturated heterocycles. The molecule has 0 fully saturated rings. The van der Waals surface area contributed by atoms with Crippen molar-refractivity contribution in [1.82, 2.24) is 19.1 Å². The van der Waals surface area contributed by atoms with Gasteiger partial charge >= 0.3 is 5.69 Å². The van der Waals surface area contributed by atoms with Crippen LogP contribution in [0.5, 0.6) is 5.75 Å². The zero-order valence-corrected chi connectivity index (χ0v) is 16.4. The normalized spacial score (nSPS) is 12.5. The van der Waals surface area contributed by atoms with Gasteiger partial charge in [-0.25, -0.2) is 4.79 Å². The van der Waals surface area contributed by atoms with E-state index in [4.69, 9.17) is 4.74 Å². The number of rotatable bonds is 7. The van der Waals surface area contributed by atoms with Crippen LogP contribution in [0.15, 0.2) is 33.9 Å². The molecule has 0 amide bonds. The number of fused-ring (bicyclic) bond motifs is 1. The lowest BCUT2D eigenvalue weighted by atomic mass is 10.2. The Bertz CT molecular complexity index is 1100. The van der Waals surface area contributed by atoms with Crippen LogP contribution in [0.3, 0.4) is 0 Å². The second-order valence-corrected chi connectivity index (χ2v) is 7.07. The predicted octanol–water partition coefficient (Wildman–Crippen LogP) is 0.992. The molecular formula is C19H25N5O4. The predicted molar refractivity (Wildman–Crippen MR) is 107 cm³/mol. The fraction of sp³-hybridized carbons (Fsp3) is 0.421. The Morgan fingerprint density at radius 3 is 2.68 bits per heavy atom. The molecule has 3 rings (SSSR count). The molecule has 1 atom stereocenters. The van der Waals surface area contributed by atoms with Gasteiger partial charge in [-0.2, -0.15) is 4.98 Å². The fourth-order valence-electron chi connectivity index (χ4n) is 2.95. The van der Waals surface area contributed by atoms with Gasteiger partial charge in [0.25, 0.3) is 5.56 Å². The first kappa shape index (κ1) is 19.7. The van der Waals surface area contributed by atoms with E-state index < -0.39 is 17.4 Å². The Balaban J connectivity index is 1.92. The van der Waals surface area contributed by atoms with Gasteiger partial charge in [-0.3, -0.25) is 14.3 Å². The molecule has 3 N–H and O–H groups in total. The van der Waals surface area contributed by atoms with Gasteiger partial charge < -0.3 is 19.7 Å². The van der Waals surface area contributed by atoms with Crippen molar-refractivity contribution in [2.75, 3.05) is 11.9 Å². The van der Waals surface area contributed by atoms with Crippen molar-refractivity contribution in [3.05, 3.63) is 50.7 Å². The molecule has 0 aliphatic rings. The van der Waals surface area contributed by atoms with Crippen molar-refractivity contribution >= 4 is 17.1 Å². The minimum Gasteiger partial charge on any atom is -0.491 e. The van der Waals surface area contributed by atoms with Crippen LogP contribution in [-0.4, -0.2) is 43.0 Å². The van der Waals surface area contributed by atoms with E-state index in [2.05, 4.69) is 15.3 Å². The largest absolute Gasteiger partial charge is 0.491 e. The number of hydrogen-bond acceptors (Lipinski definition) is 6. The second kappa shape index (κ2) is 7.89. The van der Waals surface area contributed by atoms with E-state index in [1.807, 2.05) is 45.0 Å². The molecule has 0 aliphatic carbocycles. The number of ether oxygens (including phenoxy) is 1. The Morgan fingerprint density at radius 2 is 2.00 bits per heavy atom. The Kier molecular flexibility index (Phi) is 5.55. The number of anilines is 1. The average Bonchev–Trinajstić information content (AvgIpc) is 2.97. The third kappa shape index (κ3) is 3.94. The van der Waals surface area contributed by atoms with Crippen LogP contribution in [0, 0.1) is 6.92 Å². The quantitative estimate of drug-likeness (QED) is 0.557. The van der Waals surface area contributed by atoms with Crippen molar-refractivity contribution in [2.24, 2.45) is 7.05 Å². The number of aliphatic hydroxyl groups is 1. The smallest absolute Gasteiger partial charge is 0.329 e. The highest BCUT2D eigenvalue weighted by molar-refractivity contribution is 5.74. The molecule has 0 aliphatic heterocycles. The number of aryl methyl sites for hydroxylation is 2. The molecule has 1 aromatic carbocycles. The third-order valence-electron chi connectivity index (χ3n) is 4.34. The summed E-state index contributed by atoms with van der Waals surface area (Å²) in [6.07, 6.45) is -0.888. The molecular weight excluding hydrogens is 362 g/mol. The Hall–Kier alpha value is -3.07. The zero-order chi connectivity index (χ0) is 20.4. The molecule has 28 heavy (non-hydrogen) atoms. The van der Waals surface area contributed by atoms with E-state index in [0.29, 0.717) is 11.7 Å². The van der Waals surface area contributed by atoms with E-state index in [0.717, 1.165) is 5.56 Å². The first-order valence-corrected chi connectivity index (χ1v) is 9.10. The van der Waals surface area contributed by atoms with Crippen molar-refractivity contribution in [3.8, 4) is 5.75 Å². The van der Waals surface area contributed by atoms with Crippen LogP contribution < -0.4 is 21.3 Å². The molecule has 3 aromatic rings. The molecule has 2 aromatic heterocycles. The second-order valence-electron chi connectivity index (χ2n) is 7.07. The summed E-state index contributed by atoms with van der Waals surface area (Å²) >= 11 is 0. The monoisotopic (exact) mass is 387 g/mol. The summed E-state index contributed by atoms with van der Waals surface area (Å²) in [6, 6.07) is 7.59. The highest BCUT2D eigenvalue weighted by Crippen LogP contribution is 2.19. The van der Waals surface area contributed by atoms with Crippen molar-refractivity contribution < 1.29 is 9.84 Å². The van der Waals surface area contributed by atoms with E-state index in [1.165, 1.54) is 11.6 Å². The molecule has 9 heteroatoms. The van der Waals surface area contributed by atoms with Crippen molar-refractivity contribution in [3.63, 3.8) is 0 Å². The van der Waals surface area contributed by atoms with Crippen LogP contribution in [0.1, 0.15) is 19.4 Å². The fourth-order valence-corrected chi connectivity index (χ4v) is 2.95. The molecule has 0 saturated carbocycles. The van der Waals surface area contributed by atoms with Crippen LogP contribution in [-0.2, 0) is 13.6 Å². The topological polar surface area (TPSA) is 114 Å². The highest BCUT2D eigenvalue weighted by atomic mass is 16.5. The van der Waals surface area contributed by atoms with Gasteiger partial charge in [-0.15, -0.1) is 0 Å². The summed E-state index contributed by atoms with van der Waals surface area (Å²) in [5.41, 5.74) is 0.358. The van der Waals surface area contributed by atoms with E-state index in [-0.39, 0.29) is 30.4 Å². The van der Waals surface area contributed by atoms with Gasteiger partial charge in [-0.1, -0.05) is 18.2 Å². The summed E-state index contributed by atoms with van der Waals surface area (Å²) in [4.78, 5) is 31.0. The maximum absolute atomic E-state index is 12.4. The maximum Gasteiger partial charge on any atom is 0.329 e. The Labute approximate surface area is 161 Å². The van der Waals surface area contributed by atoms with E-state index in [1.54, 1.807) is 4.57 Å². The summed E-state index contributed by atoms with van der Waals surface area (Å²) in [6.45, 7) is 5.93. The lowest BCUT2D eigenvalue weighted by Crippen LogP contribution is -2.31. The van der Waals surface area contributed by atoms with Crippen molar-refractivity contribution in [1.29, 1.82) is 0 Å². The molecule has 0 radical (unpaired) electrons. The first-order valence-electron chi connectivity index (χ1n) is 9.10. The SMILES string of the molecule is Cc1ccccc1OC[C@@H](O)Cn1c(NC(C)C)nc2c1c(=O)[nH]c(=O)n2C. The minimum absolute atomic E-state index is 0.0482.